The van der Waals surface area contributed by atoms with E-state index in [9.17, 15) is 0 Å². The Balaban J connectivity index is 0.926. The molecule has 0 N–H and O–H groups in total. The largest absolute Gasteiger partial charge is 0.455 e. The third kappa shape index (κ3) is 4.91. The lowest BCUT2D eigenvalue weighted by Crippen LogP contribution is -2.26. The summed E-state index contributed by atoms with van der Waals surface area (Å²) in [5.74, 6) is 0. The normalized spacial score (nSPS) is 16.7. The maximum atomic E-state index is 6.85. The van der Waals surface area contributed by atoms with E-state index in [1.165, 1.54) is 100 Å². The van der Waals surface area contributed by atoms with Gasteiger partial charge in [-0.1, -0.05) is 198 Å². The molecule has 1 heterocycles. The summed E-state index contributed by atoms with van der Waals surface area (Å²) in [5.41, 5.74) is 28.0. The lowest BCUT2D eigenvalue weighted by Gasteiger charge is -2.32. The van der Waals surface area contributed by atoms with Crippen molar-refractivity contribution >= 4 is 39.0 Å². The Morgan fingerprint density at radius 1 is 0.333 bits per heavy atom. The summed E-state index contributed by atoms with van der Waals surface area (Å²) in [6.45, 7) is 9.50. The van der Waals surface area contributed by atoms with Crippen LogP contribution in [-0.4, -0.2) is 0 Å². The quantitative estimate of drug-likeness (QED) is 0.175. The highest BCUT2D eigenvalue weighted by molar-refractivity contribution is 6.13. The van der Waals surface area contributed by atoms with Crippen LogP contribution in [0.25, 0.3) is 77.6 Å². The van der Waals surface area contributed by atoms with Crippen LogP contribution in [0.1, 0.15) is 72.2 Å². The molecule has 1 unspecified atom stereocenters. The molecule has 10 aromatic carbocycles. The van der Waals surface area contributed by atoms with Crippen LogP contribution in [0.4, 0.5) is 17.1 Å². The van der Waals surface area contributed by atoms with E-state index in [1.54, 1.807) is 0 Å². The first-order valence-corrected chi connectivity index (χ1v) is 24.4. The van der Waals surface area contributed by atoms with Gasteiger partial charge in [-0.2, -0.15) is 0 Å². The standard InChI is InChI=1S/C67H47NO/c1-65(2)54-23-10-5-16-45(54)48-34-32-42(38-59(48)65)68(43-33-35-49-46-17-6-11-24-55(46)66(3,4)60(49)39-43)41-30-28-40(29-31-41)44-21-15-22-51-47-18-7-12-25-56(47)67(63(44)51)57-26-13-8-20-53(57)62-58(67)37-36-52-50-19-9-14-27-61(50)69-64(52)62/h5-39H,1-4H3. The van der Waals surface area contributed by atoms with Crippen molar-refractivity contribution in [2.45, 2.75) is 43.9 Å². The Hall–Kier alpha value is -8.20. The Labute approximate surface area is 402 Å². The Morgan fingerprint density at radius 2 is 0.812 bits per heavy atom. The smallest absolute Gasteiger partial charge is 0.143 e. The molecule has 1 atom stereocenters. The summed E-state index contributed by atoms with van der Waals surface area (Å²) < 4.78 is 6.85. The minimum absolute atomic E-state index is 0.131. The van der Waals surface area contributed by atoms with Crippen molar-refractivity contribution in [2.75, 3.05) is 4.90 Å². The molecular formula is C67H47NO. The average molecular weight is 882 g/mol. The molecule has 0 saturated heterocycles. The van der Waals surface area contributed by atoms with Gasteiger partial charge in [0.15, 0.2) is 0 Å². The van der Waals surface area contributed by atoms with Crippen LogP contribution in [0.2, 0.25) is 0 Å². The number of anilines is 3. The van der Waals surface area contributed by atoms with Gasteiger partial charge in [0.2, 0.25) is 0 Å². The molecule has 15 rings (SSSR count). The lowest BCUT2D eigenvalue weighted by molar-refractivity contribution is 0.660. The predicted molar refractivity (Wildman–Crippen MR) is 285 cm³/mol. The Kier molecular flexibility index (Phi) is 7.60. The fraction of sp³-hybridized carbons (Fsp3) is 0.104. The average Bonchev–Trinajstić information content (AvgIpc) is 4.13. The molecule has 0 fully saturated rings. The van der Waals surface area contributed by atoms with Crippen LogP contribution in [0.15, 0.2) is 217 Å². The molecule has 2 heteroatoms. The first-order valence-electron chi connectivity index (χ1n) is 24.4. The molecular weight excluding hydrogens is 835 g/mol. The van der Waals surface area contributed by atoms with Crippen molar-refractivity contribution in [3.05, 3.63) is 257 Å². The third-order valence-electron chi connectivity index (χ3n) is 16.7. The highest BCUT2D eigenvalue weighted by Gasteiger charge is 2.53. The number of rotatable bonds is 4. The Morgan fingerprint density at radius 3 is 1.45 bits per heavy atom. The fourth-order valence-electron chi connectivity index (χ4n) is 13.6. The van der Waals surface area contributed by atoms with Gasteiger partial charge in [-0.3, -0.25) is 0 Å². The number of para-hydroxylation sites is 1. The van der Waals surface area contributed by atoms with Gasteiger partial charge in [-0.25, -0.2) is 0 Å². The van der Waals surface area contributed by atoms with Gasteiger partial charge >= 0.3 is 0 Å². The third-order valence-corrected chi connectivity index (χ3v) is 16.7. The van der Waals surface area contributed by atoms with E-state index in [2.05, 4.69) is 245 Å². The van der Waals surface area contributed by atoms with Gasteiger partial charge in [-0.05, 0) is 137 Å². The van der Waals surface area contributed by atoms with Gasteiger partial charge in [0.1, 0.15) is 11.2 Å². The highest BCUT2D eigenvalue weighted by Crippen LogP contribution is 2.66. The van der Waals surface area contributed by atoms with E-state index >= 15 is 0 Å². The van der Waals surface area contributed by atoms with E-state index in [-0.39, 0.29) is 10.8 Å². The molecule has 0 bridgehead atoms. The zero-order valence-corrected chi connectivity index (χ0v) is 39.1. The van der Waals surface area contributed by atoms with Crippen LogP contribution in [-0.2, 0) is 16.2 Å². The first kappa shape index (κ1) is 38.9. The fourth-order valence-corrected chi connectivity index (χ4v) is 13.6. The van der Waals surface area contributed by atoms with Gasteiger partial charge in [-0.15, -0.1) is 0 Å². The second kappa shape index (κ2) is 13.5. The SMILES string of the molecule is CC1(C)c2ccccc2-c2ccc(N(c3ccc(-c4cccc5c4C4(c6ccccc6-5)c5ccccc5-c5c4ccc4c5oc5ccccc54)cc3)c3ccc4c(c3)C(C)(C)c3ccccc3-4)cc21. The first-order chi connectivity index (χ1) is 33.7. The maximum absolute atomic E-state index is 6.85. The van der Waals surface area contributed by atoms with Crippen LogP contribution in [0, 0.1) is 0 Å². The van der Waals surface area contributed by atoms with Crippen molar-refractivity contribution < 1.29 is 4.42 Å². The summed E-state index contributed by atoms with van der Waals surface area (Å²) in [6.07, 6.45) is 0. The highest BCUT2D eigenvalue weighted by atomic mass is 16.3. The molecule has 11 aromatic rings. The minimum Gasteiger partial charge on any atom is -0.455 e. The predicted octanol–water partition coefficient (Wildman–Crippen LogP) is 17.7. The van der Waals surface area contributed by atoms with E-state index < -0.39 is 5.41 Å². The summed E-state index contributed by atoms with van der Waals surface area (Å²) in [7, 11) is 0. The summed E-state index contributed by atoms with van der Waals surface area (Å²) in [6, 6.07) is 79.8. The number of hydrogen-bond acceptors (Lipinski definition) is 2. The molecule has 0 amide bonds. The molecule has 1 aromatic heterocycles. The lowest BCUT2D eigenvalue weighted by atomic mass is 9.68. The molecule has 0 aliphatic heterocycles. The molecule has 1 spiro atoms. The molecule has 4 aliphatic carbocycles. The number of nitrogens with zero attached hydrogens (tertiary/aromatic N) is 1. The second-order valence-electron chi connectivity index (χ2n) is 20.7. The number of furan rings is 1. The van der Waals surface area contributed by atoms with Gasteiger partial charge in [0, 0.05) is 44.2 Å². The van der Waals surface area contributed by atoms with E-state index in [0.717, 1.165) is 39.0 Å². The minimum atomic E-state index is -0.546. The van der Waals surface area contributed by atoms with Gasteiger partial charge < -0.3 is 9.32 Å². The molecule has 69 heavy (non-hydrogen) atoms. The van der Waals surface area contributed by atoms with E-state index in [0.29, 0.717) is 0 Å². The monoisotopic (exact) mass is 881 g/mol. The molecule has 2 nitrogen and oxygen atoms in total. The number of benzene rings is 10. The number of hydrogen-bond donors (Lipinski definition) is 0. The Bertz CT molecular complexity index is 3920. The van der Waals surface area contributed by atoms with Crippen LogP contribution in [0.3, 0.4) is 0 Å². The number of fused-ring (bicyclic) bond motifs is 20. The zero-order valence-electron chi connectivity index (χ0n) is 39.1. The van der Waals surface area contributed by atoms with Crippen LogP contribution < -0.4 is 4.90 Å². The maximum Gasteiger partial charge on any atom is 0.143 e. The van der Waals surface area contributed by atoms with Gasteiger partial charge in [0.25, 0.3) is 0 Å². The van der Waals surface area contributed by atoms with Crippen molar-refractivity contribution in [3.63, 3.8) is 0 Å². The van der Waals surface area contributed by atoms with E-state index in [4.69, 9.17) is 4.42 Å². The van der Waals surface area contributed by atoms with E-state index in [1.807, 2.05) is 0 Å². The molecule has 0 radical (unpaired) electrons. The molecule has 326 valence electrons. The molecule has 0 saturated carbocycles. The van der Waals surface area contributed by atoms with Crippen molar-refractivity contribution in [2.24, 2.45) is 0 Å². The van der Waals surface area contributed by atoms with Crippen LogP contribution >= 0.6 is 0 Å². The molecule has 4 aliphatic rings. The van der Waals surface area contributed by atoms with Gasteiger partial charge in [0.05, 0.1) is 5.41 Å². The van der Waals surface area contributed by atoms with Crippen LogP contribution in [0.5, 0.6) is 0 Å². The zero-order chi connectivity index (χ0) is 46.0. The van der Waals surface area contributed by atoms with Crippen molar-refractivity contribution in [3.8, 4) is 55.6 Å². The van der Waals surface area contributed by atoms with Crippen molar-refractivity contribution in [1.82, 2.24) is 0 Å². The van der Waals surface area contributed by atoms with Crippen molar-refractivity contribution in [1.29, 1.82) is 0 Å². The summed E-state index contributed by atoms with van der Waals surface area (Å²) in [4.78, 5) is 2.48. The second-order valence-corrected chi connectivity index (χ2v) is 20.7. The topological polar surface area (TPSA) is 16.4 Å². The summed E-state index contributed by atoms with van der Waals surface area (Å²) in [5, 5.41) is 2.31. The summed E-state index contributed by atoms with van der Waals surface area (Å²) >= 11 is 0.